The first-order valence-electron chi connectivity index (χ1n) is 5.07. The maximum atomic E-state index is 11.6. The molecular formula is C10H15N3OS. The zero-order valence-electron chi connectivity index (χ0n) is 8.99. The summed E-state index contributed by atoms with van der Waals surface area (Å²) >= 11 is 1.60. The van der Waals surface area contributed by atoms with E-state index < -0.39 is 0 Å². The molecular weight excluding hydrogens is 210 g/mol. The number of thiazole rings is 1. The van der Waals surface area contributed by atoms with Crippen molar-refractivity contribution in [3.63, 3.8) is 0 Å². The van der Waals surface area contributed by atoms with Gasteiger partial charge in [0.2, 0.25) is 0 Å². The molecule has 0 aromatic carbocycles. The Kier molecular flexibility index (Phi) is 2.90. The van der Waals surface area contributed by atoms with Crippen molar-refractivity contribution in [3.8, 4) is 0 Å². The Labute approximate surface area is 93.3 Å². The Bertz CT molecular complexity index is 359. The maximum Gasteiger partial charge on any atom is 0.317 e. The number of carbonyl (C=O) groups excluding carboxylic acids is 1. The first-order valence-corrected chi connectivity index (χ1v) is 5.95. The van der Waals surface area contributed by atoms with Crippen LogP contribution in [0.3, 0.4) is 0 Å². The lowest BCUT2D eigenvalue weighted by Gasteiger charge is -2.17. The Morgan fingerprint density at radius 2 is 2.47 bits per heavy atom. The molecule has 1 N–H and O–H groups in total. The van der Waals surface area contributed by atoms with E-state index in [1.807, 2.05) is 19.5 Å². The van der Waals surface area contributed by atoms with E-state index in [4.69, 9.17) is 0 Å². The second-order valence-corrected chi connectivity index (χ2v) is 4.88. The average Bonchev–Trinajstić information content (AvgIpc) is 2.92. The van der Waals surface area contributed by atoms with Crippen molar-refractivity contribution in [3.05, 3.63) is 16.1 Å². The van der Waals surface area contributed by atoms with Crippen LogP contribution >= 0.6 is 11.3 Å². The maximum absolute atomic E-state index is 11.6. The first-order chi connectivity index (χ1) is 7.16. The van der Waals surface area contributed by atoms with Crippen LogP contribution in [0.5, 0.6) is 0 Å². The number of hydrogen-bond acceptors (Lipinski definition) is 3. The molecule has 1 fully saturated rings. The van der Waals surface area contributed by atoms with E-state index in [-0.39, 0.29) is 6.03 Å². The largest absolute Gasteiger partial charge is 0.335 e. The molecule has 0 bridgehead atoms. The van der Waals surface area contributed by atoms with Crippen LogP contribution in [0.15, 0.2) is 5.51 Å². The second-order valence-electron chi connectivity index (χ2n) is 3.94. The van der Waals surface area contributed by atoms with E-state index in [0.717, 1.165) is 23.4 Å². The number of aromatic nitrogens is 1. The third kappa shape index (κ3) is 2.68. The van der Waals surface area contributed by atoms with Gasteiger partial charge in [0.15, 0.2) is 0 Å². The Morgan fingerprint density at radius 1 is 1.73 bits per heavy atom. The third-order valence-corrected chi connectivity index (χ3v) is 3.40. The molecule has 1 heterocycles. The van der Waals surface area contributed by atoms with Gasteiger partial charge in [0.25, 0.3) is 0 Å². The standard InChI is InChI=1S/C10H15N3OS/c1-7-9(15-6-11-7)5-13(2)10(14)12-8-3-4-8/h6,8H,3-5H2,1-2H3,(H,12,14). The lowest BCUT2D eigenvalue weighted by molar-refractivity contribution is 0.206. The van der Waals surface area contributed by atoms with Crippen LogP contribution in [0.1, 0.15) is 23.4 Å². The van der Waals surface area contributed by atoms with Gasteiger partial charge in [-0.15, -0.1) is 11.3 Å². The van der Waals surface area contributed by atoms with E-state index in [9.17, 15) is 4.79 Å². The molecule has 4 nitrogen and oxygen atoms in total. The summed E-state index contributed by atoms with van der Waals surface area (Å²) in [5.74, 6) is 0. The van der Waals surface area contributed by atoms with Crippen LogP contribution in [0.4, 0.5) is 4.79 Å². The van der Waals surface area contributed by atoms with Crippen LogP contribution in [0.25, 0.3) is 0 Å². The highest BCUT2D eigenvalue weighted by atomic mass is 32.1. The minimum absolute atomic E-state index is 0.0188. The number of rotatable bonds is 3. The molecule has 82 valence electrons. The highest BCUT2D eigenvalue weighted by Crippen LogP contribution is 2.19. The first kappa shape index (κ1) is 10.4. The van der Waals surface area contributed by atoms with Crippen molar-refractivity contribution in [1.82, 2.24) is 15.2 Å². The molecule has 1 aliphatic rings. The fraction of sp³-hybridized carbons (Fsp3) is 0.600. The molecule has 2 amide bonds. The SMILES string of the molecule is Cc1ncsc1CN(C)C(=O)NC1CC1. The number of urea groups is 1. The van der Waals surface area contributed by atoms with Gasteiger partial charge in [0, 0.05) is 18.0 Å². The Morgan fingerprint density at radius 3 is 3.00 bits per heavy atom. The molecule has 0 unspecified atom stereocenters. The minimum Gasteiger partial charge on any atom is -0.335 e. The number of aryl methyl sites for hydroxylation is 1. The summed E-state index contributed by atoms with van der Waals surface area (Å²) in [7, 11) is 1.82. The van der Waals surface area contributed by atoms with Gasteiger partial charge in [-0.1, -0.05) is 0 Å². The van der Waals surface area contributed by atoms with Crippen molar-refractivity contribution >= 4 is 17.4 Å². The average molecular weight is 225 g/mol. The van der Waals surface area contributed by atoms with Gasteiger partial charge < -0.3 is 10.2 Å². The molecule has 15 heavy (non-hydrogen) atoms. The Balaban J connectivity index is 1.87. The fourth-order valence-electron chi connectivity index (χ4n) is 1.28. The number of carbonyl (C=O) groups is 1. The van der Waals surface area contributed by atoms with Crippen LogP contribution < -0.4 is 5.32 Å². The van der Waals surface area contributed by atoms with Crippen LogP contribution in [0, 0.1) is 6.92 Å². The van der Waals surface area contributed by atoms with Crippen molar-refractivity contribution in [1.29, 1.82) is 0 Å². The predicted molar refractivity (Wildman–Crippen MR) is 59.9 cm³/mol. The Hall–Kier alpha value is -1.10. The van der Waals surface area contributed by atoms with Crippen molar-refractivity contribution in [2.75, 3.05) is 7.05 Å². The lowest BCUT2D eigenvalue weighted by Crippen LogP contribution is -2.37. The number of amides is 2. The number of nitrogens with one attached hydrogen (secondary N) is 1. The highest BCUT2D eigenvalue weighted by molar-refractivity contribution is 7.09. The molecule has 0 radical (unpaired) electrons. The predicted octanol–water partition coefficient (Wildman–Crippen LogP) is 1.76. The molecule has 0 spiro atoms. The summed E-state index contributed by atoms with van der Waals surface area (Å²) in [6, 6.07) is 0.438. The monoisotopic (exact) mass is 225 g/mol. The molecule has 1 aromatic heterocycles. The highest BCUT2D eigenvalue weighted by Gasteiger charge is 2.24. The molecule has 1 saturated carbocycles. The van der Waals surface area contributed by atoms with Crippen molar-refractivity contribution in [2.24, 2.45) is 0 Å². The van der Waals surface area contributed by atoms with Gasteiger partial charge in [-0.25, -0.2) is 9.78 Å². The zero-order chi connectivity index (χ0) is 10.8. The second kappa shape index (κ2) is 4.18. The van der Waals surface area contributed by atoms with Crippen molar-refractivity contribution in [2.45, 2.75) is 32.4 Å². The van der Waals surface area contributed by atoms with Gasteiger partial charge >= 0.3 is 6.03 Å². The van der Waals surface area contributed by atoms with E-state index in [0.29, 0.717) is 12.6 Å². The summed E-state index contributed by atoms with van der Waals surface area (Å²) in [5, 5.41) is 2.96. The molecule has 1 aromatic rings. The molecule has 1 aliphatic carbocycles. The van der Waals surface area contributed by atoms with Gasteiger partial charge in [-0.3, -0.25) is 0 Å². The van der Waals surface area contributed by atoms with Crippen LogP contribution in [0.2, 0.25) is 0 Å². The lowest BCUT2D eigenvalue weighted by atomic mass is 10.4. The third-order valence-electron chi connectivity index (χ3n) is 2.48. The van der Waals surface area contributed by atoms with Crippen LogP contribution in [-0.4, -0.2) is 29.0 Å². The number of hydrogen-bond donors (Lipinski definition) is 1. The molecule has 0 saturated heterocycles. The summed E-state index contributed by atoms with van der Waals surface area (Å²) in [6.07, 6.45) is 2.25. The van der Waals surface area contributed by atoms with Crippen molar-refractivity contribution < 1.29 is 4.79 Å². The number of nitrogens with zero attached hydrogens (tertiary/aromatic N) is 2. The van der Waals surface area contributed by atoms with Gasteiger partial charge in [-0.2, -0.15) is 0 Å². The van der Waals surface area contributed by atoms with Gasteiger partial charge in [0.05, 0.1) is 17.7 Å². The smallest absolute Gasteiger partial charge is 0.317 e. The zero-order valence-corrected chi connectivity index (χ0v) is 9.80. The summed E-state index contributed by atoms with van der Waals surface area (Å²) in [6.45, 7) is 2.62. The van der Waals surface area contributed by atoms with E-state index >= 15 is 0 Å². The summed E-state index contributed by atoms with van der Waals surface area (Å²) in [5.41, 5.74) is 2.84. The van der Waals surface area contributed by atoms with E-state index in [1.165, 1.54) is 0 Å². The summed E-state index contributed by atoms with van der Waals surface area (Å²) < 4.78 is 0. The molecule has 2 rings (SSSR count). The fourth-order valence-corrected chi connectivity index (χ4v) is 2.11. The topological polar surface area (TPSA) is 45.2 Å². The molecule has 5 heteroatoms. The normalized spacial score (nSPS) is 15.1. The summed E-state index contributed by atoms with van der Waals surface area (Å²) in [4.78, 5) is 18.7. The van der Waals surface area contributed by atoms with E-state index in [1.54, 1.807) is 16.2 Å². The van der Waals surface area contributed by atoms with E-state index in [2.05, 4.69) is 10.3 Å². The quantitative estimate of drug-likeness (QED) is 0.852. The molecule has 0 atom stereocenters. The molecule has 0 aliphatic heterocycles. The minimum atomic E-state index is 0.0188. The van der Waals surface area contributed by atoms with Crippen LogP contribution in [-0.2, 0) is 6.54 Å². The van der Waals surface area contributed by atoms with Gasteiger partial charge in [-0.05, 0) is 19.8 Å². The van der Waals surface area contributed by atoms with Gasteiger partial charge in [0.1, 0.15) is 0 Å².